The van der Waals surface area contributed by atoms with E-state index in [0.717, 1.165) is 31.0 Å². The molecule has 1 atom stereocenters. The predicted molar refractivity (Wildman–Crippen MR) is 113 cm³/mol. The minimum atomic E-state index is -0.722. The SMILES string of the molecule is CCCCCNC(=NCC(O)c1cc(OC)cc(OC)c1)NCC.I. The van der Waals surface area contributed by atoms with E-state index < -0.39 is 6.10 Å². The summed E-state index contributed by atoms with van der Waals surface area (Å²) in [4.78, 5) is 4.46. The maximum atomic E-state index is 10.4. The van der Waals surface area contributed by atoms with Gasteiger partial charge in [-0.2, -0.15) is 0 Å². The number of guanidine groups is 1. The lowest BCUT2D eigenvalue weighted by molar-refractivity contribution is 0.186. The van der Waals surface area contributed by atoms with Gasteiger partial charge in [0.15, 0.2) is 5.96 Å². The van der Waals surface area contributed by atoms with Gasteiger partial charge in [0.05, 0.1) is 26.9 Å². The second kappa shape index (κ2) is 14.0. The summed E-state index contributed by atoms with van der Waals surface area (Å²) in [6.07, 6.45) is 2.76. The van der Waals surface area contributed by atoms with Crippen LogP contribution in [0.2, 0.25) is 0 Å². The van der Waals surface area contributed by atoms with Crippen LogP contribution >= 0.6 is 24.0 Å². The number of ether oxygens (including phenoxy) is 2. The van der Waals surface area contributed by atoms with Gasteiger partial charge in [-0.1, -0.05) is 19.8 Å². The average Bonchev–Trinajstić information content (AvgIpc) is 2.62. The van der Waals surface area contributed by atoms with Gasteiger partial charge in [0.2, 0.25) is 0 Å². The summed E-state index contributed by atoms with van der Waals surface area (Å²) < 4.78 is 10.5. The maximum absolute atomic E-state index is 10.4. The van der Waals surface area contributed by atoms with E-state index in [1.54, 1.807) is 32.4 Å². The van der Waals surface area contributed by atoms with Crippen LogP contribution in [0.5, 0.6) is 11.5 Å². The van der Waals surface area contributed by atoms with Crippen LogP contribution in [-0.4, -0.2) is 44.9 Å². The van der Waals surface area contributed by atoms with Crippen molar-refractivity contribution in [1.82, 2.24) is 10.6 Å². The Morgan fingerprint density at radius 3 is 2.24 bits per heavy atom. The number of rotatable bonds is 10. The average molecular weight is 465 g/mol. The van der Waals surface area contributed by atoms with Crippen LogP contribution in [0.1, 0.15) is 44.8 Å². The molecule has 144 valence electrons. The second-order valence-electron chi connectivity index (χ2n) is 5.52. The lowest BCUT2D eigenvalue weighted by atomic mass is 10.1. The predicted octanol–water partition coefficient (Wildman–Crippen LogP) is 3.10. The fourth-order valence-corrected chi connectivity index (χ4v) is 2.23. The monoisotopic (exact) mass is 465 g/mol. The highest BCUT2D eigenvalue weighted by molar-refractivity contribution is 14.0. The van der Waals surface area contributed by atoms with E-state index in [2.05, 4.69) is 22.5 Å². The summed E-state index contributed by atoms with van der Waals surface area (Å²) in [6, 6.07) is 5.37. The molecular formula is C18H32IN3O3. The Bertz CT molecular complexity index is 490. The van der Waals surface area contributed by atoms with E-state index in [9.17, 15) is 5.11 Å². The standard InChI is InChI=1S/C18H31N3O3.HI/c1-5-7-8-9-20-18(19-6-2)21-13-17(22)14-10-15(23-3)12-16(11-14)24-4;/h10-12,17,22H,5-9,13H2,1-4H3,(H2,19,20,21);1H. The molecule has 7 heteroatoms. The summed E-state index contributed by atoms with van der Waals surface area (Å²) in [5.41, 5.74) is 0.719. The molecule has 1 aromatic carbocycles. The van der Waals surface area contributed by atoms with Crippen molar-refractivity contribution in [3.8, 4) is 11.5 Å². The van der Waals surface area contributed by atoms with Gasteiger partial charge in [0.1, 0.15) is 11.5 Å². The number of aliphatic hydroxyl groups is 1. The number of halogens is 1. The first-order valence-electron chi connectivity index (χ1n) is 8.57. The number of benzene rings is 1. The summed E-state index contributed by atoms with van der Waals surface area (Å²) in [6.45, 7) is 6.12. The van der Waals surface area contributed by atoms with Crippen molar-refractivity contribution < 1.29 is 14.6 Å². The van der Waals surface area contributed by atoms with Crippen LogP contribution in [0.4, 0.5) is 0 Å². The number of aliphatic imine (C=N–C) groups is 1. The first-order chi connectivity index (χ1) is 11.6. The van der Waals surface area contributed by atoms with Crippen LogP contribution in [0.25, 0.3) is 0 Å². The zero-order valence-corrected chi connectivity index (χ0v) is 18.0. The summed E-state index contributed by atoms with van der Waals surface area (Å²) >= 11 is 0. The van der Waals surface area contributed by atoms with Gasteiger partial charge in [0, 0.05) is 19.2 Å². The summed E-state index contributed by atoms with van der Waals surface area (Å²) in [7, 11) is 3.18. The van der Waals surface area contributed by atoms with E-state index in [-0.39, 0.29) is 30.5 Å². The summed E-state index contributed by atoms with van der Waals surface area (Å²) in [5.74, 6) is 2.02. The van der Waals surface area contributed by atoms with Crippen molar-refractivity contribution in [2.75, 3.05) is 33.9 Å². The number of aliphatic hydroxyl groups excluding tert-OH is 1. The van der Waals surface area contributed by atoms with Crippen molar-refractivity contribution in [2.24, 2.45) is 4.99 Å². The first-order valence-corrected chi connectivity index (χ1v) is 8.57. The lowest BCUT2D eigenvalue weighted by Gasteiger charge is -2.14. The highest BCUT2D eigenvalue weighted by Crippen LogP contribution is 2.26. The lowest BCUT2D eigenvalue weighted by Crippen LogP contribution is -2.38. The van der Waals surface area contributed by atoms with E-state index in [1.165, 1.54) is 12.8 Å². The quantitative estimate of drug-likeness (QED) is 0.214. The molecule has 25 heavy (non-hydrogen) atoms. The number of nitrogens with zero attached hydrogens (tertiary/aromatic N) is 1. The number of hydrogen-bond acceptors (Lipinski definition) is 4. The Morgan fingerprint density at radius 2 is 1.72 bits per heavy atom. The maximum Gasteiger partial charge on any atom is 0.191 e. The zero-order valence-electron chi connectivity index (χ0n) is 15.7. The summed E-state index contributed by atoms with van der Waals surface area (Å²) in [5, 5.41) is 16.9. The van der Waals surface area contributed by atoms with Crippen LogP contribution in [0.3, 0.4) is 0 Å². The van der Waals surface area contributed by atoms with Crippen molar-refractivity contribution in [1.29, 1.82) is 0 Å². The molecule has 1 rings (SSSR count). The largest absolute Gasteiger partial charge is 0.497 e. The van der Waals surface area contributed by atoms with E-state index in [0.29, 0.717) is 11.5 Å². The molecule has 0 fully saturated rings. The van der Waals surface area contributed by atoms with E-state index in [1.807, 2.05) is 6.92 Å². The van der Waals surface area contributed by atoms with E-state index >= 15 is 0 Å². The van der Waals surface area contributed by atoms with Crippen molar-refractivity contribution in [3.63, 3.8) is 0 Å². The topological polar surface area (TPSA) is 75.1 Å². The van der Waals surface area contributed by atoms with Crippen molar-refractivity contribution >= 4 is 29.9 Å². The highest BCUT2D eigenvalue weighted by atomic mass is 127. The molecule has 0 saturated heterocycles. The minimum absolute atomic E-state index is 0. The minimum Gasteiger partial charge on any atom is -0.497 e. The third kappa shape index (κ3) is 9.15. The first kappa shape index (κ1) is 23.8. The molecule has 6 nitrogen and oxygen atoms in total. The number of nitrogens with one attached hydrogen (secondary N) is 2. The third-order valence-corrected chi connectivity index (χ3v) is 3.60. The Morgan fingerprint density at radius 1 is 1.08 bits per heavy atom. The van der Waals surface area contributed by atoms with Crippen LogP contribution in [0.15, 0.2) is 23.2 Å². The third-order valence-electron chi connectivity index (χ3n) is 3.60. The molecule has 1 aromatic rings. The molecule has 0 aliphatic carbocycles. The zero-order chi connectivity index (χ0) is 17.8. The molecule has 0 amide bonds. The fraction of sp³-hybridized carbons (Fsp3) is 0.611. The Labute approximate surface area is 168 Å². The molecule has 0 aliphatic rings. The van der Waals surface area contributed by atoms with Crippen molar-refractivity contribution in [2.45, 2.75) is 39.2 Å². The Balaban J connectivity index is 0.00000576. The van der Waals surface area contributed by atoms with Crippen molar-refractivity contribution in [3.05, 3.63) is 23.8 Å². The Hall–Kier alpha value is -1.22. The number of hydrogen-bond donors (Lipinski definition) is 3. The van der Waals surface area contributed by atoms with Gasteiger partial charge >= 0.3 is 0 Å². The molecule has 0 aromatic heterocycles. The Kier molecular flexibility index (Phi) is 13.3. The fourth-order valence-electron chi connectivity index (χ4n) is 2.23. The molecular weight excluding hydrogens is 433 g/mol. The molecule has 0 heterocycles. The van der Waals surface area contributed by atoms with Crippen LogP contribution in [0, 0.1) is 0 Å². The normalized spacial score (nSPS) is 12.1. The highest BCUT2D eigenvalue weighted by Gasteiger charge is 2.11. The van der Waals surface area contributed by atoms with Crippen LogP contribution in [-0.2, 0) is 0 Å². The van der Waals surface area contributed by atoms with Crippen LogP contribution < -0.4 is 20.1 Å². The van der Waals surface area contributed by atoms with Gasteiger partial charge in [-0.15, -0.1) is 24.0 Å². The van der Waals surface area contributed by atoms with Gasteiger partial charge in [-0.25, -0.2) is 0 Å². The van der Waals surface area contributed by atoms with Gasteiger partial charge < -0.3 is 25.2 Å². The van der Waals surface area contributed by atoms with Gasteiger partial charge in [0.25, 0.3) is 0 Å². The van der Waals surface area contributed by atoms with E-state index in [4.69, 9.17) is 9.47 Å². The molecule has 0 saturated carbocycles. The number of methoxy groups -OCH3 is 2. The van der Waals surface area contributed by atoms with Gasteiger partial charge in [-0.05, 0) is 31.0 Å². The molecule has 0 spiro atoms. The smallest absolute Gasteiger partial charge is 0.191 e. The molecule has 1 unspecified atom stereocenters. The van der Waals surface area contributed by atoms with Gasteiger partial charge in [-0.3, -0.25) is 4.99 Å². The molecule has 0 radical (unpaired) electrons. The number of unbranched alkanes of at least 4 members (excludes halogenated alkanes) is 2. The molecule has 0 bridgehead atoms. The molecule has 3 N–H and O–H groups in total. The molecule has 0 aliphatic heterocycles. The second-order valence-corrected chi connectivity index (χ2v) is 5.52.